The van der Waals surface area contributed by atoms with E-state index in [-0.39, 0.29) is 11.9 Å². The Balaban J connectivity index is 1.50. The molecule has 0 radical (unpaired) electrons. The number of carbonyl (C=O) groups is 1. The summed E-state index contributed by atoms with van der Waals surface area (Å²) < 4.78 is 5.74. The lowest BCUT2D eigenvalue weighted by atomic mass is 9.96. The molecule has 1 amide bonds. The summed E-state index contributed by atoms with van der Waals surface area (Å²) in [4.78, 5) is 19.0. The summed E-state index contributed by atoms with van der Waals surface area (Å²) in [6.07, 6.45) is 10.2. The molecule has 3 aromatic rings. The molecule has 1 aliphatic heterocycles. The quantitative estimate of drug-likeness (QED) is 0.774. The number of carbonyl (C=O) groups excluding carboxylic acids is 1. The summed E-state index contributed by atoms with van der Waals surface area (Å²) >= 11 is 0. The molecule has 1 saturated heterocycles. The molecule has 2 aromatic heterocycles. The third kappa shape index (κ3) is 3.44. The minimum absolute atomic E-state index is 0.0452. The fourth-order valence-corrected chi connectivity index (χ4v) is 3.34. The van der Waals surface area contributed by atoms with Gasteiger partial charge in [-0.3, -0.25) is 14.9 Å². The number of hydrogen-bond donors (Lipinski definition) is 1. The van der Waals surface area contributed by atoms with E-state index in [9.17, 15) is 4.79 Å². The van der Waals surface area contributed by atoms with Gasteiger partial charge in [0, 0.05) is 30.1 Å². The van der Waals surface area contributed by atoms with Crippen molar-refractivity contribution in [1.82, 2.24) is 20.1 Å². The normalized spacial score (nSPS) is 17.1. The molecule has 6 nitrogen and oxygen atoms in total. The van der Waals surface area contributed by atoms with Crippen LogP contribution >= 0.6 is 0 Å². The molecule has 1 fully saturated rings. The van der Waals surface area contributed by atoms with Crippen LogP contribution in [0.5, 0.6) is 11.5 Å². The predicted molar refractivity (Wildman–Crippen MR) is 97.0 cm³/mol. The Morgan fingerprint density at radius 2 is 2.00 bits per heavy atom. The van der Waals surface area contributed by atoms with Crippen molar-refractivity contribution in [3.05, 3.63) is 72.3 Å². The van der Waals surface area contributed by atoms with Gasteiger partial charge in [0.1, 0.15) is 11.5 Å². The highest BCUT2D eigenvalue weighted by Crippen LogP contribution is 2.32. The Kier molecular flexibility index (Phi) is 4.64. The molecule has 26 heavy (non-hydrogen) atoms. The molecule has 3 heterocycles. The molecular weight excluding hydrogens is 328 g/mol. The molecule has 6 heteroatoms. The van der Waals surface area contributed by atoms with Crippen molar-refractivity contribution in [2.24, 2.45) is 0 Å². The number of amides is 1. The van der Waals surface area contributed by atoms with E-state index in [0.29, 0.717) is 17.1 Å². The van der Waals surface area contributed by atoms with Crippen molar-refractivity contribution in [3.63, 3.8) is 0 Å². The Morgan fingerprint density at radius 1 is 1.12 bits per heavy atom. The van der Waals surface area contributed by atoms with Gasteiger partial charge in [0.15, 0.2) is 0 Å². The summed E-state index contributed by atoms with van der Waals surface area (Å²) in [7, 11) is 0. The SMILES string of the molecule is O=C(c1ccc(Oc2cccnc2)cc1)N1CCCCC1c1cn[nH]c1. The third-order valence-corrected chi connectivity index (χ3v) is 4.64. The van der Waals surface area contributed by atoms with Gasteiger partial charge in [0.2, 0.25) is 0 Å². The van der Waals surface area contributed by atoms with Crippen LogP contribution in [0.4, 0.5) is 0 Å². The van der Waals surface area contributed by atoms with E-state index in [1.54, 1.807) is 18.6 Å². The standard InChI is InChI=1S/C20H20N4O2/c25-20(24-11-2-1-5-19(24)16-12-22-23-13-16)15-6-8-17(9-7-15)26-18-4-3-10-21-14-18/h3-4,6-10,12-14,19H,1-2,5,11H2,(H,22,23). The summed E-state index contributed by atoms with van der Waals surface area (Å²) in [5, 5.41) is 6.88. The number of hydrogen-bond acceptors (Lipinski definition) is 4. The minimum Gasteiger partial charge on any atom is -0.456 e. The van der Waals surface area contributed by atoms with Gasteiger partial charge >= 0.3 is 0 Å². The largest absolute Gasteiger partial charge is 0.456 e. The molecule has 4 rings (SSSR count). The number of nitrogens with one attached hydrogen (secondary N) is 1. The zero-order valence-electron chi connectivity index (χ0n) is 14.3. The first-order valence-electron chi connectivity index (χ1n) is 8.79. The molecule has 0 spiro atoms. The second kappa shape index (κ2) is 7.39. The smallest absolute Gasteiger partial charge is 0.254 e. The van der Waals surface area contributed by atoms with Crippen LogP contribution in [0.1, 0.15) is 41.2 Å². The zero-order valence-corrected chi connectivity index (χ0v) is 14.3. The molecular formula is C20H20N4O2. The van der Waals surface area contributed by atoms with Crippen LogP contribution < -0.4 is 4.74 Å². The topological polar surface area (TPSA) is 71.1 Å². The number of aromatic amines is 1. The predicted octanol–water partition coefficient (Wildman–Crippen LogP) is 3.96. The van der Waals surface area contributed by atoms with Crippen molar-refractivity contribution in [2.45, 2.75) is 25.3 Å². The van der Waals surface area contributed by atoms with Gasteiger partial charge in [-0.15, -0.1) is 0 Å². The van der Waals surface area contributed by atoms with Gasteiger partial charge in [-0.2, -0.15) is 5.10 Å². The molecule has 1 unspecified atom stereocenters. The summed E-state index contributed by atoms with van der Waals surface area (Å²) in [5.74, 6) is 1.39. The lowest BCUT2D eigenvalue weighted by Crippen LogP contribution is -2.38. The second-order valence-electron chi connectivity index (χ2n) is 6.36. The molecule has 1 N–H and O–H groups in total. The van der Waals surface area contributed by atoms with Gasteiger partial charge in [-0.25, -0.2) is 0 Å². The number of benzene rings is 1. The van der Waals surface area contributed by atoms with Crippen molar-refractivity contribution in [1.29, 1.82) is 0 Å². The molecule has 0 bridgehead atoms. The molecule has 132 valence electrons. The van der Waals surface area contributed by atoms with Crippen molar-refractivity contribution < 1.29 is 9.53 Å². The lowest BCUT2D eigenvalue weighted by molar-refractivity contribution is 0.0611. The van der Waals surface area contributed by atoms with E-state index in [0.717, 1.165) is 31.4 Å². The summed E-state index contributed by atoms with van der Waals surface area (Å²) in [5.41, 5.74) is 1.73. The van der Waals surface area contributed by atoms with Crippen LogP contribution in [0.15, 0.2) is 61.2 Å². The van der Waals surface area contributed by atoms with E-state index in [1.807, 2.05) is 47.5 Å². The Labute approximate surface area is 151 Å². The fraction of sp³-hybridized carbons (Fsp3) is 0.250. The molecule has 1 atom stereocenters. The number of rotatable bonds is 4. The van der Waals surface area contributed by atoms with Crippen LogP contribution in [0, 0.1) is 0 Å². The highest BCUT2D eigenvalue weighted by molar-refractivity contribution is 5.94. The number of pyridine rings is 1. The monoisotopic (exact) mass is 348 g/mol. The third-order valence-electron chi connectivity index (χ3n) is 4.64. The van der Waals surface area contributed by atoms with Crippen LogP contribution in [-0.4, -0.2) is 32.5 Å². The number of likely N-dealkylation sites (tertiary alicyclic amines) is 1. The summed E-state index contributed by atoms with van der Waals surface area (Å²) in [6.45, 7) is 0.766. The number of ether oxygens (including phenoxy) is 1. The maximum Gasteiger partial charge on any atom is 0.254 e. The number of aromatic nitrogens is 3. The first-order chi connectivity index (χ1) is 12.8. The molecule has 0 aliphatic carbocycles. The number of H-pyrrole nitrogens is 1. The average Bonchev–Trinajstić information content (AvgIpc) is 3.24. The summed E-state index contributed by atoms with van der Waals surface area (Å²) in [6, 6.07) is 11.0. The van der Waals surface area contributed by atoms with Crippen LogP contribution in [0.2, 0.25) is 0 Å². The van der Waals surface area contributed by atoms with E-state index in [2.05, 4.69) is 15.2 Å². The molecule has 1 aromatic carbocycles. The highest BCUT2D eigenvalue weighted by atomic mass is 16.5. The Hall–Kier alpha value is -3.15. The minimum atomic E-state index is 0.0452. The lowest BCUT2D eigenvalue weighted by Gasteiger charge is -2.35. The van der Waals surface area contributed by atoms with E-state index < -0.39 is 0 Å². The number of piperidine rings is 1. The van der Waals surface area contributed by atoms with Crippen molar-refractivity contribution >= 4 is 5.91 Å². The van der Waals surface area contributed by atoms with Crippen molar-refractivity contribution in [3.8, 4) is 11.5 Å². The van der Waals surface area contributed by atoms with E-state index in [1.165, 1.54) is 0 Å². The highest BCUT2D eigenvalue weighted by Gasteiger charge is 2.29. The Morgan fingerprint density at radius 3 is 2.73 bits per heavy atom. The van der Waals surface area contributed by atoms with Crippen molar-refractivity contribution in [2.75, 3.05) is 6.54 Å². The van der Waals surface area contributed by atoms with E-state index >= 15 is 0 Å². The van der Waals surface area contributed by atoms with Crippen LogP contribution in [0.3, 0.4) is 0 Å². The maximum atomic E-state index is 13.0. The van der Waals surface area contributed by atoms with Gasteiger partial charge in [0.05, 0.1) is 18.4 Å². The van der Waals surface area contributed by atoms with E-state index in [4.69, 9.17) is 4.74 Å². The maximum absolute atomic E-state index is 13.0. The van der Waals surface area contributed by atoms with Gasteiger partial charge in [0.25, 0.3) is 5.91 Å². The molecule has 0 saturated carbocycles. The van der Waals surface area contributed by atoms with Gasteiger partial charge < -0.3 is 9.64 Å². The molecule has 1 aliphatic rings. The Bertz CT molecular complexity index is 847. The fourth-order valence-electron chi connectivity index (χ4n) is 3.34. The second-order valence-corrected chi connectivity index (χ2v) is 6.36. The first kappa shape index (κ1) is 16.3. The van der Waals surface area contributed by atoms with Gasteiger partial charge in [-0.05, 0) is 55.7 Å². The average molecular weight is 348 g/mol. The number of nitrogens with zero attached hydrogens (tertiary/aromatic N) is 3. The zero-order chi connectivity index (χ0) is 17.8. The first-order valence-corrected chi connectivity index (χ1v) is 8.79. The van der Waals surface area contributed by atoms with Crippen LogP contribution in [-0.2, 0) is 0 Å². The van der Waals surface area contributed by atoms with Crippen LogP contribution in [0.25, 0.3) is 0 Å². The van der Waals surface area contributed by atoms with Gasteiger partial charge in [-0.1, -0.05) is 0 Å².